The number of nitrogens with one attached hydrogen (secondary N) is 3. The zero-order chi connectivity index (χ0) is 27.6. The number of benzene rings is 1. The molecule has 40 heavy (non-hydrogen) atoms. The summed E-state index contributed by atoms with van der Waals surface area (Å²) >= 11 is 0. The Labute approximate surface area is 241 Å². The number of urea groups is 1. The Morgan fingerprint density at radius 3 is 2.70 bits per heavy atom. The van der Waals surface area contributed by atoms with Gasteiger partial charge in [0.15, 0.2) is 0 Å². The summed E-state index contributed by atoms with van der Waals surface area (Å²) in [5.74, 6) is 4.43. The van der Waals surface area contributed by atoms with Crippen molar-refractivity contribution in [1.82, 2.24) is 10.6 Å². The standard InChI is InChI=1S/C35H51N3O2/c1-21-16-31-32(36-20-21)23(3)35(40-31)15-13-27-28-11-10-24-17-26(38-33(39)37-25-8-6-5-7-9-25)12-14-34(24,4)30(28)18-29(27)22(2)19-35/h5-9,21,23-24,26-28,30-32,36H,10-20H2,1-4H3,(H2,37,38,39)/t21-,23+,24+,26+,27-,28-,30-,31+,32-,34-,35-/m0/s1. The highest BCUT2D eigenvalue weighted by molar-refractivity contribution is 5.89. The van der Waals surface area contributed by atoms with Crippen LogP contribution < -0.4 is 16.0 Å². The summed E-state index contributed by atoms with van der Waals surface area (Å²) in [4.78, 5) is 12.7. The highest BCUT2D eigenvalue weighted by atomic mass is 16.5. The molecule has 5 nitrogen and oxygen atoms in total. The van der Waals surface area contributed by atoms with Gasteiger partial charge in [0.25, 0.3) is 0 Å². The first-order valence-corrected chi connectivity index (χ1v) is 16.5. The summed E-state index contributed by atoms with van der Waals surface area (Å²) in [6, 6.07) is 10.6. The van der Waals surface area contributed by atoms with E-state index >= 15 is 0 Å². The minimum absolute atomic E-state index is 0.0362. The predicted molar refractivity (Wildman–Crippen MR) is 161 cm³/mol. The van der Waals surface area contributed by atoms with Crippen LogP contribution in [-0.4, -0.2) is 36.4 Å². The predicted octanol–water partition coefficient (Wildman–Crippen LogP) is 7.30. The third kappa shape index (κ3) is 4.45. The fraction of sp³-hybridized carbons (Fsp3) is 0.743. The molecule has 0 unspecified atom stereocenters. The number of piperidine rings is 1. The van der Waals surface area contributed by atoms with Crippen molar-refractivity contribution in [2.24, 2.45) is 40.9 Å². The van der Waals surface area contributed by atoms with Crippen LogP contribution in [0.15, 0.2) is 41.5 Å². The number of anilines is 1. The Balaban J connectivity index is 1.04. The van der Waals surface area contributed by atoms with Crippen molar-refractivity contribution in [3.05, 3.63) is 41.5 Å². The number of carbonyl (C=O) groups excluding carboxylic acids is 1. The minimum Gasteiger partial charge on any atom is -0.369 e. The quantitative estimate of drug-likeness (QED) is 0.342. The molecule has 2 amide bonds. The third-order valence-corrected chi connectivity index (χ3v) is 13.0. The molecule has 2 aliphatic heterocycles. The van der Waals surface area contributed by atoms with Crippen molar-refractivity contribution in [3.63, 3.8) is 0 Å². The smallest absolute Gasteiger partial charge is 0.319 e. The zero-order valence-electron chi connectivity index (χ0n) is 25.2. The number of allylic oxidation sites excluding steroid dienone is 1. The molecule has 0 bridgehead atoms. The van der Waals surface area contributed by atoms with Crippen LogP contribution in [-0.2, 0) is 4.74 Å². The van der Waals surface area contributed by atoms with E-state index in [1.807, 2.05) is 35.9 Å². The van der Waals surface area contributed by atoms with E-state index in [1.165, 1.54) is 44.9 Å². The highest BCUT2D eigenvalue weighted by Crippen LogP contribution is 2.65. The van der Waals surface area contributed by atoms with Crippen molar-refractivity contribution >= 4 is 11.7 Å². The van der Waals surface area contributed by atoms with Gasteiger partial charge in [-0.1, -0.05) is 50.1 Å². The van der Waals surface area contributed by atoms with Crippen LogP contribution in [0.1, 0.15) is 91.9 Å². The second-order valence-corrected chi connectivity index (χ2v) is 15.1. The van der Waals surface area contributed by atoms with Gasteiger partial charge in [0, 0.05) is 23.7 Å². The summed E-state index contributed by atoms with van der Waals surface area (Å²) in [6.45, 7) is 11.1. The number of rotatable bonds is 2. The number of ether oxygens (including phenoxy) is 1. The number of para-hydroxylation sites is 1. The molecule has 0 radical (unpaired) electrons. The van der Waals surface area contributed by atoms with Crippen molar-refractivity contribution < 1.29 is 9.53 Å². The molecule has 1 aromatic carbocycles. The molecule has 2 saturated heterocycles. The number of amides is 2. The maximum atomic E-state index is 12.7. The Morgan fingerprint density at radius 1 is 1.05 bits per heavy atom. The van der Waals surface area contributed by atoms with Gasteiger partial charge in [-0.2, -0.15) is 0 Å². The molecule has 5 fully saturated rings. The normalized spacial score (nSPS) is 46.1. The maximum Gasteiger partial charge on any atom is 0.319 e. The molecule has 11 atom stereocenters. The van der Waals surface area contributed by atoms with Gasteiger partial charge in [0.05, 0.1) is 11.7 Å². The van der Waals surface area contributed by atoms with Crippen molar-refractivity contribution in [2.45, 2.75) is 116 Å². The molecule has 7 rings (SSSR count). The van der Waals surface area contributed by atoms with Crippen LogP contribution in [0.5, 0.6) is 0 Å². The first kappa shape index (κ1) is 27.0. The average molecular weight is 546 g/mol. The molecular weight excluding hydrogens is 494 g/mol. The molecule has 0 aromatic heterocycles. The molecular formula is C35H51N3O2. The molecule has 3 N–H and O–H groups in total. The van der Waals surface area contributed by atoms with E-state index in [9.17, 15) is 4.79 Å². The highest BCUT2D eigenvalue weighted by Gasteiger charge is 2.59. The van der Waals surface area contributed by atoms with Gasteiger partial charge in [-0.25, -0.2) is 4.79 Å². The summed E-state index contributed by atoms with van der Waals surface area (Å²) < 4.78 is 7.08. The first-order chi connectivity index (χ1) is 19.3. The van der Waals surface area contributed by atoms with Gasteiger partial charge in [0.2, 0.25) is 0 Å². The second kappa shape index (κ2) is 10.2. The fourth-order valence-corrected chi connectivity index (χ4v) is 10.8. The summed E-state index contributed by atoms with van der Waals surface area (Å²) in [5.41, 5.74) is 4.79. The van der Waals surface area contributed by atoms with Crippen molar-refractivity contribution in [1.29, 1.82) is 0 Å². The third-order valence-electron chi connectivity index (χ3n) is 13.0. The summed E-state index contributed by atoms with van der Waals surface area (Å²) in [7, 11) is 0. The number of carbonyl (C=O) groups is 1. The molecule has 5 heteroatoms. The van der Waals surface area contributed by atoms with Crippen LogP contribution in [0, 0.1) is 40.9 Å². The summed E-state index contributed by atoms with van der Waals surface area (Å²) in [5, 5.41) is 10.2. The molecule has 6 aliphatic rings. The van der Waals surface area contributed by atoms with Crippen LogP contribution in [0.4, 0.5) is 10.5 Å². The number of hydrogen-bond acceptors (Lipinski definition) is 3. The number of fused-ring (bicyclic) bond motifs is 6. The Kier molecular flexibility index (Phi) is 6.86. The molecule has 3 saturated carbocycles. The van der Waals surface area contributed by atoms with E-state index < -0.39 is 0 Å². The number of hydrogen-bond donors (Lipinski definition) is 3. The van der Waals surface area contributed by atoms with Crippen molar-refractivity contribution in [2.75, 3.05) is 11.9 Å². The van der Waals surface area contributed by atoms with Gasteiger partial charge in [-0.15, -0.1) is 0 Å². The van der Waals surface area contributed by atoms with Gasteiger partial charge in [-0.05, 0) is 125 Å². The van der Waals surface area contributed by atoms with E-state index in [4.69, 9.17) is 4.74 Å². The Morgan fingerprint density at radius 2 is 1.88 bits per heavy atom. The largest absolute Gasteiger partial charge is 0.369 e. The summed E-state index contributed by atoms with van der Waals surface area (Å²) in [6.07, 6.45) is 12.8. The molecule has 4 aliphatic carbocycles. The van der Waals surface area contributed by atoms with Crippen LogP contribution >= 0.6 is 0 Å². The van der Waals surface area contributed by atoms with Gasteiger partial charge < -0.3 is 20.7 Å². The lowest BCUT2D eigenvalue weighted by atomic mass is 9.52. The van der Waals surface area contributed by atoms with Gasteiger partial charge in [-0.3, -0.25) is 0 Å². The molecule has 1 aromatic rings. The minimum atomic E-state index is -0.0563. The van der Waals surface area contributed by atoms with Crippen LogP contribution in [0.2, 0.25) is 0 Å². The lowest BCUT2D eigenvalue weighted by Crippen LogP contribution is -2.51. The van der Waals surface area contributed by atoms with Crippen LogP contribution in [0.25, 0.3) is 0 Å². The SMILES string of the molecule is CC1=C2C[C@H]3[C@@H](CC[C@@H]4C[C@H](NC(=O)Nc5ccccc5)CC[C@@]43C)[C@@H]2CC[C@@]2(C1)O[C@@H]1C[C@H](C)CN[C@H]1[C@H]2C. The zero-order valence-corrected chi connectivity index (χ0v) is 25.2. The molecule has 218 valence electrons. The average Bonchev–Trinajstić information content (AvgIpc) is 3.39. The monoisotopic (exact) mass is 545 g/mol. The van der Waals surface area contributed by atoms with E-state index in [0.29, 0.717) is 35.3 Å². The van der Waals surface area contributed by atoms with Gasteiger partial charge in [0.1, 0.15) is 0 Å². The van der Waals surface area contributed by atoms with E-state index in [-0.39, 0.29) is 17.7 Å². The van der Waals surface area contributed by atoms with E-state index in [0.717, 1.165) is 49.2 Å². The lowest BCUT2D eigenvalue weighted by molar-refractivity contribution is -0.0746. The van der Waals surface area contributed by atoms with Crippen LogP contribution in [0.3, 0.4) is 0 Å². The fourth-order valence-electron chi connectivity index (χ4n) is 10.8. The van der Waals surface area contributed by atoms with E-state index in [2.05, 4.69) is 43.6 Å². The first-order valence-electron chi connectivity index (χ1n) is 16.5. The van der Waals surface area contributed by atoms with E-state index in [1.54, 1.807) is 5.57 Å². The maximum absolute atomic E-state index is 12.7. The Hall–Kier alpha value is -1.85. The van der Waals surface area contributed by atoms with Gasteiger partial charge >= 0.3 is 6.03 Å². The molecule has 2 heterocycles. The second-order valence-electron chi connectivity index (χ2n) is 15.1. The molecule has 1 spiro atoms. The Bertz CT molecular complexity index is 1150. The van der Waals surface area contributed by atoms with Crippen molar-refractivity contribution in [3.8, 4) is 0 Å². The lowest BCUT2D eigenvalue weighted by Gasteiger charge is -2.54. The topological polar surface area (TPSA) is 62.4 Å².